The van der Waals surface area contributed by atoms with Gasteiger partial charge in [-0.15, -0.1) is 0 Å². The maximum absolute atomic E-state index is 14.2. The zero-order chi connectivity index (χ0) is 17.8. The van der Waals surface area contributed by atoms with Gasteiger partial charge < -0.3 is 10.0 Å². The second-order valence-corrected chi connectivity index (χ2v) is 7.03. The molecule has 2 heterocycles. The highest BCUT2D eigenvalue weighted by molar-refractivity contribution is 5.56. The molecule has 6 heteroatoms. The summed E-state index contributed by atoms with van der Waals surface area (Å²) in [5.41, 5.74) is 0.438. The standard InChI is InChI=1S/C19H27FN4O/c1-3-15(25)13-24-19(16-6-4-5-7-17(16)20)21-18(22-24)12-14-8-10-23(2)11-9-14/h4-7,14-15,25H,3,8-13H2,1-2H3. The van der Waals surface area contributed by atoms with Crippen molar-refractivity contribution in [2.24, 2.45) is 5.92 Å². The lowest BCUT2D eigenvalue weighted by Gasteiger charge is -2.28. The number of aliphatic hydroxyl groups is 1. The largest absolute Gasteiger partial charge is 0.391 e. The van der Waals surface area contributed by atoms with Crippen LogP contribution in [-0.4, -0.2) is 51.0 Å². The Hall–Kier alpha value is -1.79. The lowest BCUT2D eigenvalue weighted by molar-refractivity contribution is 0.145. The predicted octanol–water partition coefficient (Wildman–Crippen LogP) is 2.74. The van der Waals surface area contributed by atoms with E-state index in [1.165, 1.54) is 6.07 Å². The number of rotatable bonds is 6. The van der Waals surface area contributed by atoms with E-state index in [0.717, 1.165) is 38.2 Å². The molecule has 2 aromatic rings. The van der Waals surface area contributed by atoms with Gasteiger partial charge in [0, 0.05) is 6.42 Å². The van der Waals surface area contributed by atoms with Gasteiger partial charge in [-0.2, -0.15) is 5.10 Å². The van der Waals surface area contributed by atoms with Gasteiger partial charge in [-0.3, -0.25) is 0 Å². The van der Waals surface area contributed by atoms with E-state index < -0.39 is 6.10 Å². The van der Waals surface area contributed by atoms with E-state index in [0.29, 0.717) is 30.3 Å². The van der Waals surface area contributed by atoms with E-state index in [1.807, 2.05) is 6.92 Å². The lowest BCUT2D eigenvalue weighted by Crippen LogP contribution is -2.31. The Morgan fingerprint density at radius 3 is 2.68 bits per heavy atom. The van der Waals surface area contributed by atoms with Crippen LogP contribution in [0.2, 0.25) is 0 Å². The van der Waals surface area contributed by atoms with E-state index in [-0.39, 0.29) is 5.82 Å². The van der Waals surface area contributed by atoms with E-state index in [9.17, 15) is 9.50 Å². The molecule has 0 amide bonds. The number of piperidine rings is 1. The minimum Gasteiger partial charge on any atom is -0.391 e. The Labute approximate surface area is 148 Å². The summed E-state index contributed by atoms with van der Waals surface area (Å²) in [4.78, 5) is 6.97. The highest BCUT2D eigenvalue weighted by Crippen LogP contribution is 2.24. The van der Waals surface area contributed by atoms with Crippen molar-refractivity contribution >= 4 is 0 Å². The third-order valence-corrected chi connectivity index (χ3v) is 4.99. The normalized spacial score (nSPS) is 17.8. The van der Waals surface area contributed by atoms with Crippen molar-refractivity contribution in [3.63, 3.8) is 0 Å². The molecule has 5 nitrogen and oxygen atoms in total. The summed E-state index contributed by atoms with van der Waals surface area (Å²) in [5, 5.41) is 14.6. The van der Waals surface area contributed by atoms with Crippen molar-refractivity contribution in [2.75, 3.05) is 20.1 Å². The number of likely N-dealkylation sites (tertiary alicyclic amines) is 1. The zero-order valence-corrected chi connectivity index (χ0v) is 15.0. The SMILES string of the molecule is CCC(O)Cn1nc(CC2CCN(C)CC2)nc1-c1ccccc1F. The maximum atomic E-state index is 14.2. The van der Waals surface area contributed by atoms with Crippen molar-refractivity contribution in [1.82, 2.24) is 19.7 Å². The lowest BCUT2D eigenvalue weighted by atomic mass is 9.94. The highest BCUT2D eigenvalue weighted by Gasteiger charge is 2.22. The van der Waals surface area contributed by atoms with Gasteiger partial charge in [0.15, 0.2) is 11.6 Å². The van der Waals surface area contributed by atoms with E-state index in [1.54, 1.807) is 22.9 Å². The Bertz CT molecular complexity index is 694. The topological polar surface area (TPSA) is 54.2 Å². The summed E-state index contributed by atoms with van der Waals surface area (Å²) >= 11 is 0. The molecule has 1 aliphatic rings. The van der Waals surface area contributed by atoms with Gasteiger partial charge in [0.1, 0.15) is 5.82 Å². The monoisotopic (exact) mass is 346 g/mol. The molecule has 1 aromatic heterocycles. The fourth-order valence-corrected chi connectivity index (χ4v) is 3.30. The molecule has 25 heavy (non-hydrogen) atoms. The van der Waals surface area contributed by atoms with Crippen molar-refractivity contribution in [1.29, 1.82) is 0 Å². The Balaban J connectivity index is 1.85. The number of benzene rings is 1. The van der Waals surface area contributed by atoms with Gasteiger partial charge in [-0.25, -0.2) is 14.1 Å². The summed E-state index contributed by atoms with van der Waals surface area (Å²) in [6.07, 6.45) is 3.20. The molecule has 3 rings (SSSR count). The first-order valence-corrected chi connectivity index (χ1v) is 9.12. The number of halogens is 1. The maximum Gasteiger partial charge on any atom is 0.161 e. The molecule has 0 saturated carbocycles. The minimum atomic E-state index is -0.511. The third kappa shape index (κ3) is 4.44. The third-order valence-electron chi connectivity index (χ3n) is 4.99. The van der Waals surface area contributed by atoms with Crippen LogP contribution in [0.5, 0.6) is 0 Å². The molecule has 1 unspecified atom stereocenters. The van der Waals surface area contributed by atoms with E-state index in [2.05, 4.69) is 22.0 Å². The molecule has 1 N–H and O–H groups in total. The molecular weight excluding hydrogens is 319 g/mol. The summed E-state index contributed by atoms with van der Waals surface area (Å²) < 4.78 is 15.9. The molecule has 1 fully saturated rings. The molecular formula is C19H27FN4O. The molecule has 1 aromatic carbocycles. The van der Waals surface area contributed by atoms with Gasteiger partial charge in [0.05, 0.1) is 18.2 Å². The molecule has 0 bridgehead atoms. The van der Waals surface area contributed by atoms with Crippen LogP contribution < -0.4 is 0 Å². The van der Waals surface area contributed by atoms with Crippen molar-refractivity contribution in [3.8, 4) is 11.4 Å². The fourth-order valence-electron chi connectivity index (χ4n) is 3.30. The first-order valence-electron chi connectivity index (χ1n) is 9.12. The molecule has 1 aliphatic heterocycles. The zero-order valence-electron chi connectivity index (χ0n) is 15.0. The molecule has 136 valence electrons. The van der Waals surface area contributed by atoms with Crippen LogP contribution in [0.4, 0.5) is 4.39 Å². The number of hydrogen-bond donors (Lipinski definition) is 1. The quantitative estimate of drug-likeness (QED) is 0.874. The van der Waals surface area contributed by atoms with Gasteiger partial charge >= 0.3 is 0 Å². The fraction of sp³-hybridized carbons (Fsp3) is 0.579. The van der Waals surface area contributed by atoms with Gasteiger partial charge in [-0.1, -0.05) is 19.1 Å². The number of aliphatic hydroxyl groups excluding tert-OH is 1. The molecule has 0 spiro atoms. The molecule has 0 radical (unpaired) electrons. The first-order chi connectivity index (χ1) is 12.1. The van der Waals surface area contributed by atoms with Crippen LogP contribution in [0.1, 0.15) is 32.0 Å². The van der Waals surface area contributed by atoms with Crippen LogP contribution >= 0.6 is 0 Å². The Kier molecular flexibility index (Phi) is 5.81. The van der Waals surface area contributed by atoms with Gasteiger partial charge in [0.25, 0.3) is 0 Å². The second-order valence-electron chi connectivity index (χ2n) is 7.03. The van der Waals surface area contributed by atoms with Crippen LogP contribution in [0.3, 0.4) is 0 Å². The van der Waals surface area contributed by atoms with Crippen LogP contribution in [-0.2, 0) is 13.0 Å². The van der Waals surface area contributed by atoms with Crippen molar-refractivity contribution in [3.05, 3.63) is 35.9 Å². The summed E-state index contributed by atoms with van der Waals surface area (Å²) in [6.45, 7) is 4.45. The van der Waals surface area contributed by atoms with Crippen molar-refractivity contribution in [2.45, 2.75) is 45.3 Å². The minimum absolute atomic E-state index is 0.312. The van der Waals surface area contributed by atoms with Crippen LogP contribution in [0.25, 0.3) is 11.4 Å². The second kappa shape index (κ2) is 8.06. The summed E-state index contributed by atoms with van der Waals surface area (Å²) in [7, 11) is 2.14. The van der Waals surface area contributed by atoms with Gasteiger partial charge in [0.2, 0.25) is 0 Å². The van der Waals surface area contributed by atoms with Crippen molar-refractivity contribution < 1.29 is 9.50 Å². The average molecular weight is 346 g/mol. The summed E-state index contributed by atoms with van der Waals surface area (Å²) in [6, 6.07) is 6.61. The number of hydrogen-bond acceptors (Lipinski definition) is 4. The Morgan fingerprint density at radius 2 is 2.00 bits per heavy atom. The average Bonchev–Trinajstić information content (AvgIpc) is 2.99. The number of aromatic nitrogens is 3. The molecule has 0 aliphatic carbocycles. The molecule has 1 atom stereocenters. The highest BCUT2D eigenvalue weighted by atomic mass is 19.1. The predicted molar refractivity (Wildman–Crippen MR) is 95.6 cm³/mol. The van der Waals surface area contributed by atoms with Crippen LogP contribution in [0, 0.1) is 11.7 Å². The number of nitrogens with zero attached hydrogens (tertiary/aromatic N) is 4. The smallest absolute Gasteiger partial charge is 0.161 e. The Morgan fingerprint density at radius 1 is 1.28 bits per heavy atom. The van der Waals surface area contributed by atoms with E-state index >= 15 is 0 Å². The van der Waals surface area contributed by atoms with E-state index in [4.69, 9.17) is 0 Å². The van der Waals surface area contributed by atoms with Crippen LogP contribution in [0.15, 0.2) is 24.3 Å². The van der Waals surface area contributed by atoms with Gasteiger partial charge in [-0.05, 0) is 57.5 Å². The first kappa shape index (κ1) is 18.0. The summed E-state index contributed by atoms with van der Waals surface area (Å²) in [5.74, 6) is 1.51. The molecule has 1 saturated heterocycles.